The van der Waals surface area contributed by atoms with Gasteiger partial charge in [-0.3, -0.25) is 0 Å². The lowest BCUT2D eigenvalue weighted by Gasteiger charge is -2.35. The van der Waals surface area contributed by atoms with E-state index in [4.69, 9.17) is 15.0 Å². The van der Waals surface area contributed by atoms with E-state index in [1.165, 1.54) is 19.3 Å². The Kier molecular flexibility index (Phi) is 8.91. The maximum Gasteiger partial charge on any atom is 0.158 e. The number of halogens is 1. The summed E-state index contributed by atoms with van der Waals surface area (Å²) in [6, 6.07) is 9.74. The van der Waals surface area contributed by atoms with E-state index in [9.17, 15) is 4.39 Å². The summed E-state index contributed by atoms with van der Waals surface area (Å²) in [5, 5.41) is 3.55. The molecule has 41 heavy (non-hydrogen) atoms. The number of hydrogen-bond acceptors (Lipinski definition) is 6. The molecule has 0 radical (unpaired) electrons. The lowest BCUT2D eigenvalue weighted by molar-refractivity contribution is 0.221. The number of likely N-dealkylation sites (N-methyl/N-ethyl adjacent to an activating group) is 1. The molecule has 0 atom stereocenters. The first-order valence-corrected chi connectivity index (χ1v) is 15.3. The van der Waals surface area contributed by atoms with Crippen molar-refractivity contribution in [2.24, 2.45) is 4.99 Å². The largest absolute Gasteiger partial charge is 0.372 e. The zero-order valence-electron chi connectivity index (χ0n) is 25.2. The first-order chi connectivity index (χ1) is 19.7. The van der Waals surface area contributed by atoms with Crippen LogP contribution < -0.4 is 5.32 Å². The Labute approximate surface area is 245 Å². The standard InChI is InChI=1S/C34H45FN6/c1-6-28-23-31(39-32(37-28)25-14-8-7-9-15-25)36-24(2)41-21-11-10-20-40(5)30-19-13-18-29(38-33(30)41)26-16-12-17-27(22-26)34(3,4)35/h12,16-19,22-23,25H,2,6-11,13-15,20-21H2,1,3-5H3,(H,36,37,39). The fraction of sp³-hybridized carbons (Fsp3) is 0.500. The smallest absolute Gasteiger partial charge is 0.158 e. The van der Waals surface area contributed by atoms with Crippen LogP contribution in [0.2, 0.25) is 0 Å². The van der Waals surface area contributed by atoms with Crippen LogP contribution in [0.1, 0.15) is 101 Å². The molecular weight excluding hydrogens is 511 g/mol. The van der Waals surface area contributed by atoms with Crippen molar-refractivity contribution in [3.05, 3.63) is 83.2 Å². The molecule has 2 fully saturated rings. The zero-order valence-corrected chi connectivity index (χ0v) is 25.2. The van der Waals surface area contributed by atoms with Gasteiger partial charge in [0.05, 0.1) is 11.4 Å². The van der Waals surface area contributed by atoms with E-state index in [2.05, 4.69) is 53.9 Å². The predicted octanol–water partition coefficient (Wildman–Crippen LogP) is 7.93. The van der Waals surface area contributed by atoms with Gasteiger partial charge in [-0.15, -0.1) is 0 Å². The molecule has 1 aromatic carbocycles. The quantitative estimate of drug-likeness (QED) is 0.375. The number of aliphatic imine (C=N–C) groups is 1. The van der Waals surface area contributed by atoms with Gasteiger partial charge in [-0.2, -0.15) is 0 Å². The van der Waals surface area contributed by atoms with Gasteiger partial charge in [-0.1, -0.05) is 63.1 Å². The van der Waals surface area contributed by atoms with Gasteiger partial charge in [0.25, 0.3) is 0 Å². The summed E-state index contributed by atoms with van der Waals surface area (Å²) in [4.78, 5) is 19.6. The number of hydrogen-bond donors (Lipinski definition) is 1. The number of rotatable bonds is 7. The minimum Gasteiger partial charge on any atom is -0.372 e. The molecule has 6 nitrogen and oxygen atoms in total. The Morgan fingerprint density at radius 1 is 1.05 bits per heavy atom. The lowest BCUT2D eigenvalue weighted by Crippen LogP contribution is -2.41. The third kappa shape index (κ3) is 6.88. The number of amidine groups is 1. The molecule has 7 heteroatoms. The van der Waals surface area contributed by atoms with Gasteiger partial charge in [0.1, 0.15) is 23.1 Å². The summed E-state index contributed by atoms with van der Waals surface area (Å²) in [6.45, 7) is 11.6. The van der Waals surface area contributed by atoms with Gasteiger partial charge >= 0.3 is 0 Å². The van der Waals surface area contributed by atoms with Crippen molar-refractivity contribution in [1.82, 2.24) is 19.8 Å². The van der Waals surface area contributed by atoms with Gasteiger partial charge in [-0.25, -0.2) is 19.4 Å². The fourth-order valence-corrected chi connectivity index (χ4v) is 5.98. The summed E-state index contributed by atoms with van der Waals surface area (Å²) in [5.74, 6) is 3.79. The minimum atomic E-state index is -1.42. The van der Waals surface area contributed by atoms with E-state index in [1.54, 1.807) is 13.8 Å². The first-order valence-electron chi connectivity index (χ1n) is 15.3. The highest BCUT2D eigenvalue weighted by molar-refractivity contribution is 6.02. The van der Waals surface area contributed by atoms with E-state index >= 15 is 0 Å². The molecule has 0 bridgehead atoms. The van der Waals surface area contributed by atoms with Crippen molar-refractivity contribution >= 4 is 17.4 Å². The maximum absolute atomic E-state index is 14.8. The number of aromatic nitrogens is 2. The molecule has 2 aliphatic heterocycles. The highest BCUT2D eigenvalue weighted by atomic mass is 19.1. The molecule has 3 heterocycles. The molecule has 5 rings (SSSR count). The summed E-state index contributed by atoms with van der Waals surface area (Å²) in [6.07, 6.45) is 14.2. The normalized spacial score (nSPS) is 18.8. The maximum atomic E-state index is 14.8. The van der Waals surface area contributed by atoms with E-state index in [-0.39, 0.29) is 0 Å². The van der Waals surface area contributed by atoms with Gasteiger partial charge in [0.2, 0.25) is 0 Å². The molecule has 0 spiro atoms. The average Bonchev–Trinajstić information content (AvgIpc) is 3.19. The number of anilines is 1. The average molecular weight is 557 g/mol. The number of nitrogens with one attached hydrogen (secondary N) is 1. The van der Waals surface area contributed by atoms with Crippen LogP contribution in [-0.2, 0) is 12.1 Å². The minimum absolute atomic E-state index is 0.429. The van der Waals surface area contributed by atoms with Gasteiger partial charge in [0, 0.05) is 43.4 Å². The number of fused-ring (bicyclic) bond motifs is 1. The second kappa shape index (κ2) is 12.6. The molecule has 218 valence electrons. The molecule has 1 saturated heterocycles. The summed E-state index contributed by atoms with van der Waals surface area (Å²) < 4.78 is 14.8. The zero-order chi connectivity index (χ0) is 29.0. The highest BCUT2D eigenvalue weighted by Gasteiger charge is 2.27. The number of aryl methyl sites for hydroxylation is 1. The van der Waals surface area contributed by atoms with Crippen molar-refractivity contribution in [1.29, 1.82) is 0 Å². The van der Waals surface area contributed by atoms with E-state index in [0.29, 0.717) is 11.5 Å². The summed E-state index contributed by atoms with van der Waals surface area (Å²) in [5.41, 5.74) is 3.12. The Balaban J connectivity index is 1.48. The Morgan fingerprint density at radius 3 is 2.59 bits per heavy atom. The predicted molar refractivity (Wildman–Crippen MR) is 167 cm³/mol. The van der Waals surface area contributed by atoms with Gasteiger partial charge in [-0.05, 0) is 64.0 Å². The number of benzene rings is 1. The van der Waals surface area contributed by atoms with Crippen LogP contribution in [-0.4, -0.2) is 45.7 Å². The van der Waals surface area contributed by atoms with Crippen LogP contribution in [0.3, 0.4) is 0 Å². The van der Waals surface area contributed by atoms with Crippen molar-refractivity contribution in [2.45, 2.75) is 90.1 Å². The Bertz CT molecular complexity index is 1350. The van der Waals surface area contributed by atoms with Gasteiger partial charge < -0.3 is 15.1 Å². The summed E-state index contributed by atoms with van der Waals surface area (Å²) in [7, 11) is 2.13. The molecule has 1 aliphatic carbocycles. The topological polar surface area (TPSA) is 56.7 Å². The SMILES string of the molecule is C=C(Nc1cc(CC)nc(C2CCCCC2)n1)N1CCCCN(C)C2=CCC=C(c3cccc(C(C)(C)F)c3)N=C21. The number of nitrogens with zero attached hydrogens (tertiary/aromatic N) is 5. The highest BCUT2D eigenvalue weighted by Crippen LogP contribution is 2.33. The number of alkyl halides is 1. The number of allylic oxidation sites excluding steroid dienone is 2. The van der Waals surface area contributed by atoms with Crippen molar-refractivity contribution in [2.75, 3.05) is 25.5 Å². The van der Waals surface area contributed by atoms with Crippen LogP contribution in [0, 0.1) is 0 Å². The van der Waals surface area contributed by atoms with E-state index in [1.807, 2.05) is 24.3 Å². The first kappa shape index (κ1) is 29.0. The van der Waals surface area contributed by atoms with E-state index < -0.39 is 5.67 Å². The van der Waals surface area contributed by atoms with Gasteiger partial charge in [0.15, 0.2) is 5.84 Å². The monoisotopic (exact) mass is 556 g/mol. The van der Waals surface area contributed by atoms with Crippen LogP contribution in [0.5, 0.6) is 0 Å². The molecule has 0 unspecified atom stereocenters. The molecule has 3 aliphatic rings. The molecule has 0 amide bonds. The van der Waals surface area contributed by atoms with Crippen LogP contribution in [0.4, 0.5) is 10.2 Å². The third-order valence-corrected chi connectivity index (χ3v) is 8.44. The fourth-order valence-electron chi connectivity index (χ4n) is 5.98. The molecule has 1 saturated carbocycles. The lowest BCUT2D eigenvalue weighted by atomic mass is 9.88. The molecular formula is C34H45FN6. The van der Waals surface area contributed by atoms with Crippen molar-refractivity contribution in [3.63, 3.8) is 0 Å². The van der Waals surface area contributed by atoms with Crippen LogP contribution in [0.15, 0.2) is 65.6 Å². The van der Waals surface area contributed by atoms with E-state index in [0.717, 1.165) is 97.6 Å². The van der Waals surface area contributed by atoms with Crippen LogP contribution >= 0.6 is 0 Å². The van der Waals surface area contributed by atoms with Crippen molar-refractivity contribution in [3.8, 4) is 0 Å². The molecule has 1 aromatic heterocycles. The third-order valence-electron chi connectivity index (χ3n) is 8.44. The second-order valence-corrected chi connectivity index (χ2v) is 12.0. The van der Waals surface area contributed by atoms with Crippen LogP contribution in [0.25, 0.3) is 5.70 Å². The van der Waals surface area contributed by atoms with Crippen molar-refractivity contribution < 1.29 is 4.39 Å². The Morgan fingerprint density at radius 2 is 1.83 bits per heavy atom. The molecule has 2 aromatic rings. The Hall–Kier alpha value is -3.48. The summed E-state index contributed by atoms with van der Waals surface area (Å²) >= 11 is 0. The second-order valence-electron chi connectivity index (χ2n) is 12.0. The molecule has 1 N–H and O–H groups in total.